The van der Waals surface area contributed by atoms with E-state index in [1.807, 2.05) is 30.3 Å². The second kappa shape index (κ2) is 7.78. The van der Waals surface area contributed by atoms with Crippen molar-refractivity contribution in [1.82, 2.24) is 5.32 Å². The molecule has 3 nitrogen and oxygen atoms in total. The lowest BCUT2D eigenvalue weighted by Crippen LogP contribution is -2.34. The SMILES string of the molecule is FC(F)(F)Oc1cc(CNC2CCC2)cc(OCc2ccccc2)c1. The van der Waals surface area contributed by atoms with Crippen molar-refractivity contribution < 1.29 is 22.6 Å². The molecule has 0 unspecified atom stereocenters. The molecule has 0 saturated heterocycles. The Hall–Kier alpha value is -2.21. The van der Waals surface area contributed by atoms with Gasteiger partial charge in [0.15, 0.2) is 0 Å². The summed E-state index contributed by atoms with van der Waals surface area (Å²) in [6, 6.07) is 14.3. The van der Waals surface area contributed by atoms with E-state index in [0.717, 1.165) is 18.4 Å². The number of nitrogens with one attached hydrogen (secondary N) is 1. The van der Waals surface area contributed by atoms with Crippen LogP contribution in [-0.4, -0.2) is 12.4 Å². The summed E-state index contributed by atoms with van der Waals surface area (Å²) >= 11 is 0. The summed E-state index contributed by atoms with van der Waals surface area (Å²) in [5.41, 5.74) is 1.65. The second-order valence-corrected chi connectivity index (χ2v) is 6.14. The number of halogens is 3. The van der Waals surface area contributed by atoms with E-state index in [1.54, 1.807) is 6.07 Å². The van der Waals surface area contributed by atoms with Gasteiger partial charge in [-0.25, -0.2) is 0 Å². The summed E-state index contributed by atoms with van der Waals surface area (Å²) in [6.07, 6.45) is -1.32. The van der Waals surface area contributed by atoms with Crippen LogP contribution in [0.15, 0.2) is 48.5 Å². The standard InChI is InChI=1S/C19H20F3NO2/c20-19(21,22)25-18-10-15(12-23-16-7-4-8-16)9-17(11-18)24-13-14-5-2-1-3-6-14/h1-3,5-6,9-11,16,23H,4,7-8,12-13H2. The number of benzene rings is 2. The molecule has 0 radical (unpaired) electrons. The van der Waals surface area contributed by atoms with Gasteiger partial charge in [-0.15, -0.1) is 13.2 Å². The minimum Gasteiger partial charge on any atom is -0.489 e. The van der Waals surface area contributed by atoms with Crippen LogP contribution < -0.4 is 14.8 Å². The quantitative estimate of drug-likeness (QED) is 0.777. The fourth-order valence-corrected chi connectivity index (χ4v) is 2.62. The van der Waals surface area contributed by atoms with Gasteiger partial charge in [-0.1, -0.05) is 36.8 Å². The molecule has 2 aromatic carbocycles. The van der Waals surface area contributed by atoms with Crippen LogP contribution in [0.25, 0.3) is 0 Å². The molecule has 1 saturated carbocycles. The Labute approximate surface area is 144 Å². The third kappa shape index (κ3) is 5.67. The highest BCUT2D eigenvalue weighted by Gasteiger charge is 2.31. The Morgan fingerprint density at radius 3 is 2.32 bits per heavy atom. The molecule has 0 aliphatic heterocycles. The average Bonchev–Trinajstić information content (AvgIpc) is 2.51. The fraction of sp³-hybridized carbons (Fsp3) is 0.368. The molecule has 2 aromatic rings. The lowest BCUT2D eigenvalue weighted by molar-refractivity contribution is -0.274. The van der Waals surface area contributed by atoms with Gasteiger partial charge in [-0.05, 0) is 36.1 Å². The van der Waals surface area contributed by atoms with Gasteiger partial charge in [0, 0.05) is 18.7 Å². The molecule has 1 fully saturated rings. The van der Waals surface area contributed by atoms with Crippen LogP contribution in [0.2, 0.25) is 0 Å². The third-order valence-electron chi connectivity index (χ3n) is 4.12. The average molecular weight is 351 g/mol. The van der Waals surface area contributed by atoms with E-state index in [1.165, 1.54) is 18.6 Å². The lowest BCUT2D eigenvalue weighted by atomic mass is 9.93. The summed E-state index contributed by atoms with van der Waals surface area (Å²) in [6.45, 7) is 0.771. The highest BCUT2D eigenvalue weighted by molar-refractivity contribution is 5.39. The van der Waals surface area contributed by atoms with Crippen molar-refractivity contribution in [2.45, 2.75) is 44.8 Å². The van der Waals surface area contributed by atoms with E-state index in [2.05, 4.69) is 10.1 Å². The van der Waals surface area contributed by atoms with Crippen molar-refractivity contribution in [1.29, 1.82) is 0 Å². The molecular formula is C19H20F3NO2. The van der Waals surface area contributed by atoms with E-state index >= 15 is 0 Å². The Morgan fingerprint density at radius 1 is 0.960 bits per heavy atom. The maximum Gasteiger partial charge on any atom is 0.573 e. The maximum absolute atomic E-state index is 12.6. The van der Waals surface area contributed by atoms with Crippen molar-refractivity contribution in [2.24, 2.45) is 0 Å². The molecule has 0 bridgehead atoms. The third-order valence-corrected chi connectivity index (χ3v) is 4.12. The van der Waals surface area contributed by atoms with Crippen molar-refractivity contribution >= 4 is 0 Å². The molecule has 0 spiro atoms. The van der Waals surface area contributed by atoms with E-state index in [-0.39, 0.29) is 12.4 Å². The Bertz CT molecular complexity index is 685. The first kappa shape index (κ1) is 17.6. The highest BCUT2D eigenvalue weighted by atomic mass is 19.4. The molecule has 1 aliphatic rings. The summed E-state index contributed by atoms with van der Waals surface area (Å²) in [5.74, 6) is 0.0967. The van der Waals surface area contributed by atoms with Gasteiger partial charge >= 0.3 is 6.36 Å². The first-order valence-corrected chi connectivity index (χ1v) is 8.28. The van der Waals surface area contributed by atoms with Crippen molar-refractivity contribution in [3.05, 3.63) is 59.7 Å². The van der Waals surface area contributed by atoms with Crippen molar-refractivity contribution in [3.63, 3.8) is 0 Å². The van der Waals surface area contributed by atoms with Crippen LogP contribution in [0.4, 0.5) is 13.2 Å². The van der Waals surface area contributed by atoms with Crippen LogP contribution in [0.3, 0.4) is 0 Å². The lowest BCUT2D eigenvalue weighted by Gasteiger charge is -2.26. The van der Waals surface area contributed by atoms with E-state index in [4.69, 9.17) is 4.74 Å². The normalized spacial score (nSPS) is 14.8. The minimum absolute atomic E-state index is 0.261. The van der Waals surface area contributed by atoms with Gasteiger partial charge in [0.25, 0.3) is 0 Å². The molecule has 1 aliphatic carbocycles. The Balaban J connectivity index is 1.70. The van der Waals surface area contributed by atoms with Crippen molar-refractivity contribution in [3.8, 4) is 11.5 Å². The molecule has 0 aromatic heterocycles. The van der Waals surface area contributed by atoms with Crippen LogP contribution in [0.5, 0.6) is 11.5 Å². The predicted molar refractivity (Wildman–Crippen MR) is 88.4 cm³/mol. The highest BCUT2D eigenvalue weighted by Crippen LogP contribution is 2.29. The zero-order chi connectivity index (χ0) is 17.7. The van der Waals surface area contributed by atoms with Crippen LogP contribution in [0.1, 0.15) is 30.4 Å². The zero-order valence-electron chi connectivity index (χ0n) is 13.7. The molecule has 6 heteroatoms. The number of hydrogen-bond acceptors (Lipinski definition) is 3. The van der Waals surface area contributed by atoms with Gasteiger partial charge in [-0.2, -0.15) is 0 Å². The number of hydrogen-bond donors (Lipinski definition) is 1. The first-order chi connectivity index (χ1) is 12.0. The number of rotatable bonds is 7. The minimum atomic E-state index is -4.73. The Kier molecular flexibility index (Phi) is 5.48. The molecule has 3 rings (SSSR count). The van der Waals surface area contributed by atoms with Gasteiger partial charge < -0.3 is 14.8 Å². The molecule has 0 heterocycles. The smallest absolute Gasteiger partial charge is 0.489 e. The van der Waals surface area contributed by atoms with Gasteiger partial charge in [-0.3, -0.25) is 0 Å². The largest absolute Gasteiger partial charge is 0.573 e. The molecule has 134 valence electrons. The van der Waals surface area contributed by atoms with Crippen LogP contribution >= 0.6 is 0 Å². The molecule has 1 N–H and O–H groups in total. The number of ether oxygens (including phenoxy) is 2. The predicted octanol–water partition coefficient (Wildman–Crippen LogP) is 4.81. The Morgan fingerprint density at radius 2 is 1.68 bits per heavy atom. The van der Waals surface area contributed by atoms with E-state index < -0.39 is 6.36 Å². The zero-order valence-corrected chi connectivity index (χ0v) is 13.7. The van der Waals surface area contributed by atoms with E-state index in [9.17, 15) is 13.2 Å². The summed E-state index contributed by atoms with van der Waals surface area (Å²) < 4.78 is 47.4. The fourth-order valence-electron chi connectivity index (χ4n) is 2.62. The summed E-state index contributed by atoms with van der Waals surface area (Å²) in [4.78, 5) is 0. The molecular weight excluding hydrogens is 331 g/mol. The topological polar surface area (TPSA) is 30.5 Å². The molecule has 25 heavy (non-hydrogen) atoms. The summed E-state index contributed by atoms with van der Waals surface area (Å²) in [5, 5.41) is 3.33. The van der Waals surface area contributed by atoms with Crippen molar-refractivity contribution in [2.75, 3.05) is 0 Å². The van der Waals surface area contributed by atoms with E-state index in [0.29, 0.717) is 23.9 Å². The van der Waals surface area contributed by atoms with Gasteiger partial charge in [0.1, 0.15) is 18.1 Å². The van der Waals surface area contributed by atoms with Gasteiger partial charge in [0.05, 0.1) is 0 Å². The second-order valence-electron chi connectivity index (χ2n) is 6.14. The molecule has 0 atom stereocenters. The number of alkyl halides is 3. The van der Waals surface area contributed by atoms with Crippen LogP contribution in [-0.2, 0) is 13.2 Å². The van der Waals surface area contributed by atoms with Crippen LogP contribution in [0, 0.1) is 0 Å². The summed E-state index contributed by atoms with van der Waals surface area (Å²) in [7, 11) is 0. The van der Waals surface area contributed by atoms with Gasteiger partial charge in [0.2, 0.25) is 0 Å². The molecule has 0 amide bonds. The monoisotopic (exact) mass is 351 g/mol. The maximum atomic E-state index is 12.6. The first-order valence-electron chi connectivity index (χ1n) is 8.28.